The minimum atomic E-state index is -1.55. The number of hydrogen-bond donors (Lipinski definition) is 2. The topological polar surface area (TPSA) is 102 Å². The van der Waals surface area contributed by atoms with Crippen molar-refractivity contribution in [1.82, 2.24) is 10.3 Å². The van der Waals surface area contributed by atoms with Crippen LogP contribution in [0.5, 0.6) is 0 Å². The molecule has 23 heavy (non-hydrogen) atoms. The molecule has 0 radical (unpaired) electrons. The number of rotatable bonds is 6. The van der Waals surface area contributed by atoms with E-state index >= 15 is 0 Å². The van der Waals surface area contributed by atoms with Crippen molar-refractivity contribution < 1.29 is 23.8 Å². The van der Waals surface area contributed by atoms with Crippen LogP contribution in [-0.2, 0) is 9.53 Å². The highest BCUT2D eigenvalue weighted by atomic mass is 16.5. The maximum Gasteiger partial charge on any atom is 0.331 e. The van der Waals surface area contributed by atoms with Crippen LogP contribution in [-0.4, -0.2) is 41.2 Å². The van der Waals surface area contributed by atoms with Crippen LogP contribution < -0.4 is 5.32 Å². The zero-order chi connectivity index (χ0) is 17.0. The van der Waals surface area contributed by atoms with Gasteiger partial charge in [0.15, 0.2) is 11.2 Å². The van der Waals surface area contributed by atoms with Crippen LogP contribution in [0.25, 0.3) is 11.5 Å². The summed E-state index contributed by atoms with van der Waals surface area (Å²) in [7, 11) is 1.36. The first-order chi connectivity index (χ1) is 10.9. The summed E-state index contributed by atoms with van der Waals surface area (Å²) in [5, 5.41) is 11.7. The SMILES string of the molecule is COCC(C)(NC(=O)c1nc(-c2ccccc2)oc1C)C(=O)O. The Morgan fingerprint density at radius 2 is 2.00 bits per heavy atom. The van der Waals surface area contributed by atoms with Gasteiger partial charge in [0.1, 0.15) is 5.76 Å². The molecule has 2 N–H and O–H groups in total. The molecule has 0 aliphatic carbocycles. The first-order valence-corrected chi connectivity index (χ1v) is 6.95. The number of carboxylic acid groups (broad SMARTS) is 1. The number of amides is 1. The molecule has 0 aliphatic heterocycles. The average Bonchev–Trinajstić information content (AvgIpc) is 2.90. The van der Waals surface area contributed by atoms with Crippen molar-refractivity contribution in [1.29, 1.82) is 0 Å². The maximum atomic E-state index is 12.4. The smallest absolute Gasteiger partial charge is 0.331 e. The number of benzene rings is 1. The molecule has 0 saturated carbocycles. The van der Waals surface area contributed by atoms with Crippen LogP contribution in [0, 0.1) is 6.92 Å². The number of nitrogens with zero attached hydrogens (tertiary/aromatic N) is 1. The fourth-order valence-corrected chi connectivity index (χ4v) is 2.06. The molecule has 122 valence electrons. The number of aliphatic carboxylic acids is 1. The molecule has 7 heteroatoms. The normalized spacial score (nSPS) is 13.3. The highest BCUT2D eigenvalue weighted by Gasteiger charge is 2.36. The van der Waals surface area contributed by atoms with Gasteiger partial charge < -0.3 is 19.6 Å². The fourth-order valence-electron chi connectivity index (χ4n) is 2.06. The number of nitrogens with one attached hydrogen (secondary N) is 1. The second kappa shape index (κ2) is 6.62. The van der Waals surface area contributed by atoms with Gasteiger partial charge in [0.05, 0.1) is 6.61 Å². The van der Waals surface area contributed by atoms with E-state index < -0.39 is 17.4 Å². The van der Waals surface area contributed by atoms with E-state index in [9.17, 15) is 14.7 Å². The van der Waals surface area contributed by atoms with Gasteiger partial charge in [-0.3, -0.25) is 4.79 Å². The zero-order valence-electron chi connectivity index (χ0n) is 13.1. The number of carbonyl (C=O) groups excluding carboxylic acids is 1. The van der Waals surface area contributed by atoms with E-state index in [4.69, 9.17) is 9.15 Å². The molecule has 0 aliphatic rings. The van der Waals surface area contributed by atoms with E-state index in [0.29, 0.717) is 11.7 Å². The van der Waals surface area contributed by atoms with Crippen LogP contribution in [0.4, 0.5) is 0 Å². The van der Waals surface area contributed by atoms with Gasteiger partial charge in [-0.2, -0.15) is 0 Å². The van der Waals surface area contributed by atoms with E-state index in [1.807, 2.05) is 18.2 Å². The van der Waals surface area contributed by atoms with Gasteiger partial charge in [-0.15, -0.1) is 0 Å². The molecule has 1 aromatic carbocycles. The van der Waals surface area contributed by atoms with Gasteiger partial charge in [0.2, 0.25) is 5.89 Å². The van der Waals surface area contributed by atoms with Gasteiger partial charge in [-0.25, -0.2) is 9.78 Å². The predicted octanol–water partition coefficient (Wildman–Crippen LogP) is 1.87. The number of aryl methyl sites for hydroxylation is 1. The molecular weight excluding hydrogens is 300 g/mol. The molecule has 0 bridgehead atoms. The van der Waals surface area contributed by atoms with E-state index in [2.05, 4.69) is 10.3 Å². The quantitative estimate of drug-likeness (QED) is 0.843. The van der Waals surface area contributed by atoms with E-state index in [1.165, 1.54) is 14.0 Å². The molecule has 2 aromatic rings. The fraction of sp³-hybridized carbons (Fsp3) is 0.312. The van der Waals surface area contributed by atoms with Crippen LogP contribution in [0.1, 0.15) is 23.2 Å². The number of oxazole rings is 1. The second-order valence-electron chi connectivity index (χ2n) is 5.31. The van der Waals surface area contributed by atoms with Gasteiger partial charge >= 0.3 is 5.97 Å². The van der Waals surface area contributed by atoms with Crippen LogP contribution in [0.3, 0.4) is 0 Å². The number of carboxylic acids is 1. The maximum absolute atomic E-state index is 12.4. The number of ether oxygens (including phenoxy) is 1. The Kier molecular flexibility index (Phi) is 4.80. The second-order valence-corrected chi connectivity index (χ2v) is 5.31. The minimum absolute atomic E-state index is 0.0485. The number of hydrogen-bond acceptors (Lipinski definition) is 5. The van der Waals surface area contributed by atoms with Crippen molar-refractivity contribution in [2.24, 2.45) is 0 Å². The Morgan fingerprint density at radius 3 is 2.57 bits per heavy atom. The summed E-state index contributed by atoms with van der Waals surface area (Å²) in [6.07, 6.45) is 0. The average molecular weight is 318 g/mol. The summed E-state index contributed by atoms with van der Waals surface area (Å²) in [5.41, 5.74) is -0.774. The first kappa shape index (κ1) is 16.7. The van der Waals surface area contributed by atoms with E-state index in [-0.39, 0.29) is 12.3 Å². The lowest BCUT2D eigenvalue weighted by Crippen LogP contribution is -2.55. The number of carbonyl (C=O) groups is 2. The Morgan fingerprint density at radius 1 is 1.35 bits per heavy atom. The van der Waals surface area contributed by atoms with Gasteiger partial charge in [-0.05, 0) is 26.0 Å². The van der Waals surface area contributed by atoms with E-state index in [1.54, 1.807) is 19.1 Å². The summed E-state index contributed by atoms with van der Waals surface area (Å²) < 4.78 is 10.4. The molecule has 1 amide bonds. The predicted molar refractivity (Wildman–Crippen MR) is 82.1 cm³/mol. The first-order valence-electron chi connectivity index (χ1n) is 6.95. The largest absolute Gasteiger partial charge is 0.479 e. The molecule has 0 spiro atoms. The Balaban J connectivity index is 2.27. The highest BCUT2D eigenvalue weighted by molar-refractivity contribution is 5.97. The Labute approximate surface area is 133 Å². The Bertz CT molecular complexity index is 711. The van der Waals surface area contributed by atoms with E-state index in [0.717, 1.165) is 5.56 Å². The standard InChI is InChI=1S/C16H18N2O5/c1-10-12(13(19)18-16(2,9-22-3)15(20)21)17-14(23-10)11-7-5-4-6-8-11/h4-8H,9H2,1-3H3,(H,18,19)(H,20,21). The molecule has 1 heterocycles. The van der Waals surface area contributed by atoms with Gasteiger partial charge in [0, 0.05) is 12.7 Å². The summed E-state index contributed by atoms with van der Waals surface area (Å²) >= 11 is 0. The molecule has 7 nitrogen and oxygen atoms in total. The van der Waals surface area contributed by atoms with Crippen molar-refractivity contribution in [2.75, 3.05) is 13.7 Å². The van der Waals surface area contributed by atoms with Crippen molar-refractivity contribution in [2.45, 2.75) is 19.4 Å². The Hall–Kier alpha value is -2.67. The van der Waals surface area contributed by atoms with Gasteiger partial charge in [-0.1, -0.05) is 18.2 Å². The van der Waals surface area contributed by atoms with Crippen LogP contribution in [0.2, 0.25) is 0 Å². The van der Waals surface area contributed by atoms with Crippen molar-refractivity contribution in [3.8, 4) is 11.5 Å². The lowest BCUT2D eigenvalue weighted by atomic mass is 10.0. The lowest BCUT2D eigenvalue weighted by molar-refractivity contribution is -0.145. The van der Waals surface area contributed by atoms with Crippen molar-refractivity contribution in [3.05, 3.63) is 41.8 Å². The third-order valence-corrected chi connectivity index (χ3v) is 3.33. The van der Waals surface area contributed by atoms with Crippen molar-refractivity contribution in [3.63, 3.8) is 0 Å². The highest BCUT2D eigenvalue weighted by Crippen LogP contribution is 2.21. The number of aromatic nitrogens is 1. The zero-order valence-corrected chi connectivity index (χ0v) is 13.1. The van der Waals surface area contributed by atoms with Crippen molar-refractivity contribution >= 4 is 11.9 Å². The van der Waals surface area contributed by atoms with Crippen LogP contribution >= 0.6 is 0 Å². The summed E-state index contributed by atoms with van der Waals surface area (Å²) in [6.45, 7) is 2.80. The van der Waals surface area contributed by atoms with Gasteiger partial charge in [0.25, 0.3) is 5.91 Å². The molecule has 1 aromatic heterocycles. The third-order valence-electron chi connectivity index (χ3n) is 3.33. The molecule has 2 rings (SSSR count). The summed E-state index contributed by atoms with van der Waals surface area (Å²) in [6, 6.07) is 9.12. The molecule has 0 fully saturated rings. The third kappa shape index (κ3) is 3.57. The molecule has 1 atom stereocenters. The summed E-state index contributed by atoms with van der Waals surface area (Å²) in [4.78, 5) is 27.9. The minimum Gasteiger partial charge on any atom is -0.479 e. The number of methoxy groups -OCH3 is 1. The summed E-state index contributed by atoms with van der Waals surface area (Å²) in [5.74, 6) is -1.21. The monoisotopic (exact) mass is 318 g/mol. The lowest BCUT2D eigenvalue weighted by Gasteiger charge is -2.24. The molecular formula is C16H18N2O5. The van der Waals surface area contributed by atoms with Crippen LogP contribution in [0.15, 0.2) is 34.7 Å². The molecule has 1 unspecified atom stereocenters. The molecule has 0 saturated heterocycles.